The molecular formula is C19H19N5. The van der Waals surface area contributed by atoms with E-state index in [0.717, 1.165) is 27.9 Å². The molecule has 0 unspecified atom stereocenters. The number of hydrogen-bond acceptors (Lipinski definition) is 3. The van der Waals surface area contributed by atoms with E-state index in [1.54, 1.807) is 0 Å². The topological polar surface area (TPSA) is 59.4 Å². The van der Waals surface area contributed by atoms with E-state index >= 15 is 0 Å². The molecule has 0 aromatic carbocycles. The molecule has 0 saturated heterocycles. The second-order valence-corrected chi connectivity index (χ2v) is 6.57. The highest BCUT2D eigenvalue weighted by molar-refractivity contribution is 6.02. The van der Waals surface area contributed by atoms with E-state index in [4.69, 9.17) is 4.98 Å². The van der Waals surface area contributed by atoms with Crippen LogP contribution in [0.15, 0.2) is 43.0 Å². The molecule has 0 aliphatic heterocycles. The van der Waals surface area contributed by atoms with Gasteiger partial charge < -0.3 is 9.55 Å². The molecule has 0 radical (unpaired) electrons. The molecule has 0 atom stereocenters. The van der Waals surface area contributed by atoms with Crippen LogP contribution in [0.25, 0.3) is 33.5 Å². The fourth-order valence-corrected chi connectivity index (χ4v) is 3.99. The Hall–Kier alpha value is -2.69. The van der Waals surface area contributed by atoms with Gasteiger partial charge in [-0.15, -0.1) is 0 Å². The zero-order valence-corrected chi connectivity index (χ0v) is 13.4. The van der Waals surface area contributed by atoms with Crippen molar-refractivity contribution in [2.45, 2.75) is 38.1 Å². The van der Waals surface area contributed by atoms with Crippen LogP contribution < -0.4 is 0 Å². The molecule has 5 nitrogen and oxygen atoms in total. The summed E-state index contributed by atoms with van der Waals surface area (Å²) in [7, 11) is 0. The molecule has 4 aromatic rings. The van der Waals surface area contributed by atoms with Gasteiger partial charge in [0.15, 0.2) is 0 Å². The van der Waals surface area contributed by atoms with Crippen LogP contribution in [0, 0.1) is 0 Å². The quantitative estimate of drug-likeness (QED) is 0.593. The summed E-state index contributed by atoms with van der Waals surface area (Å²) in [5, 5.41) is 1.15. The second-order valence-electron chi connectivity index (χ2n) is 6.57. The molecule has 0 bridgehead atoms. The van der Waals surface area contributed by atoms with Gasteiger partial charge in [-0.2, -0.15) is 0 Å². The summed E-state index contributed by atoms with van der Waals surface area (Å²) < 4.78 is 2.45. The van der Waals surface area contributed by atoms with Crippen LogP contribution >= 0.6 is 0 Å². The van der Waals surface area contributed by atoms with E-state index in [9.17, 15) is 0 Å². The number of aromatic nitrogens is 5. The molecule has 1 saturated carbocycles. The Bertz CT molecular complexity index is 993. The highest BCUT2D eigenvalue weighted by atomic mass is 15.1. The number of nitrogens with zero attached hydrogens (tertiary/aromatic N) is 4. The standard InChI is InChI=1S/C19H19N5/c1-2-6-14(7-3-1)24-17-15-8-10-21-18(15)22-12-16(17)23-19(24)13-5-4-9-20-11-13/h4-5,8-12,14H,1-3,6-7H2,(H,21,22). The lowest BCUT2D eigenvalue weighted by Gasteiger charge is -2.25. The number of H-pyrrole nitrogens is 1. The van der Waals surface area contributed by atoms with Gasteiger partial charge in [-0.1, -0.05) is 19.3 Å². The van der Waals surface area contributed by atoms with Crippen LogP contribution in [0.3, 0.4) is 0 Å². The van der Waals surface area contributed by atoms with E-state index in [2.05, 4.69) is 31.7 Å². The van der Waals surface area contributed by atoms with Gasteiger partial charge in [-0.3, -0.25) is 4.98 Å². The summed E-state index contributed by atoms with van der Waals surface area (Å²) in [6.45, 7) is 0. The van der Waals surface area contributed by atoms with Crippen molar-refractivity contribution in [1.29, 1.82) is 0 Å². The number of hydrogen-bond donors (Lipinski definition) is 1. The van der Waals surface area contributed by atoms with Crippen LogP contribution in [-0.4, -0.2) is 24.5 Å². The summed E-state index contributed by atoms with van der Waals surface area (Å²) in [6, 6.07) is 6.68. The van der Waals surface area contributed by atoms with Crippen molar-refractivity contribution in [2.24, 2.45) is 0 Å². The van der Waals surface area contributed by atoms with Crippen molar-refractivity contribution in [1.82, 2.24) is 24.5 Å². The summed E-state index contributed by atoms with van der Waals surface area (Å²) in [6.07, 6.45) is 13.9. The Morgan fingerprint density at radius 2 is 2.00 bits per heavy atom. The van der Waals surface area contributed by atoms with Gasteiger partial charge in [0.2, 0.25) is 0 Å². The zero-order valence-electron chi connectivity index (χ0n) is 13.4. The molecule has 1 aliphatic carbocycles. The Morgan fingerprint density at radius 3 is 2.83 bits per heavy atom. The lowest BCUT2D eigenvalue weighted by atomic mass is 9.95. The molecule has 4 aromatic heterocycles. The molecule has 1 N–H and O–H groups in total. The lowest BCUT2D eigenvalue weighted by Crippen LogP contribution is -2.14. The number of imidazole rings is 1. The van der Waals surface area contributed by atoms with Gasteiger partial charge in [0, 0.05) is 35.6 Å². The average molecular weight is 317 g/mol. The van der Waals surface area contributed by atoms with Crippen LogP contribution in [-0.2, 0) is 0 Å². The van der Waals surface area contributed by atoms with Crippen LogP contribution in [0.5, 0.6) is 0 Å². The first-order chi connectivity index (χ1) is 11.9. The maximum Gasteiger partial charge on any atom is 0.143 e. The van der Waals surface area contributed by atoms with Crippen LogP contribution in [0.4, 0.5) is 0 Å². The average Bonchev–Trinajstić information content (AvgIpc) is 3.27. The molecule has 0 amide bonds. The monoisotopic (exact) mass is 317 g/mol. The number of aromatic amines is 1. The maximum atomic E-state index is 4.93. The van der Waals surface area contributed by atoms with Gasteiger partial charge in [0.25, 0.3) is 0 Å². The van der Waals surface area contributed by atoms with Crippen molar-refractivity contribution in [3.8, 4) is 11.4 Å². The second kappa shape index (κ2) is 5.44. The maximum absolute atomic E-state index is 4.93. The van der Waals surface area contributed by atoms with E-state index in [1.165, 1.54) is 37.6 Å². The summed E-state index contributed by atoms with van der Waals surface area (Å²) >= 11 is 0. The molecule has 0 spiro atoms. The molecule has 1 fully saturated rings. The minimum absolute atomic E-state index is 0.499. The molecule has 120 valence electrons. The van der Waals surface area contributed by atoms with Crippen molar-refractivity contribution in [3.63, 3.8) is 0 Å². The van der Waals surface area contributed by atoms with E-state index in [1.807, 2.05) is 30.9 Å². The van der Waals surface area contributed by atoms with Crippen molar-refractivity contribution >= 4 is 22.1 Å². The number of nitrogens with one attached hydrogen (secondary N) is 1. The third kappa shape index (κ3) is 2.04. The zero-order chi connectivity index (χ0) is 15.9. The predicted molar refractivity (Wildman–Crippen MR) is 94.7 cm³/mol. The lowest BCUT2D eigenvalue weighted by molar-refractivity contribution is 0.362. The Morgan fingerprint density at radius 1 is 1.08 bits per heavy atom. The van der Waals surface area contributed by atoms with Gasteiger partial charge in [0.1, 0.15) is 17.0 Å². The number of rotatable bonds is 2. The highest BCUT2D eigenvalue weighted by Crippen LogP contribution is 2.37. The SMILES string of the molecule is c1cncc(-c2nc3cnc4[nH]ccc4c3n2C2CCCCC2)c1. The normalized spacial score (nSPS) is 16.2. The Labute approximate surface area is 139 Å². The largest absolute Gasteiger partial charge is 0.346 e. The van der Waals surface area contributed by atoms with E-state index in [0.29, 0.717) is 6.04 Å². The highest BCUT2D eigenvalue weighted by Gasteiger charge is 2.24. The van der Waals surface area contributed by atoms with Crippen LogP contribution in [0.1, 0.15) is 38.1 Å². The third-order valence-electron chi connectivity index (χ3n) is 5.09. The molecule has 5 rings (SSSR count). The molecule has 5 heteroatoms. The number of fused-ring (bicyclic) bond motifs is 3. The number of pyridine rings is 2. The molecular weight excluding hydrogens is 298 g/mol. The first-order valence-corrected chi connectivity index (χ1v) is 8.66. The molecule has 4 heterocycles. The third-order valence-corrected chi connectivity index (χ3v) is 5.09. The minimum Gasteiger partial charge on any atom is -0.346 e. The van der Waals surface area contributed by atoms with E-state index in [-0.39, 0.29) is 0 Å². The van der Waals surface area contributed by atoms with Gasteiger partial charge in [0.05, 0.1) is 11.7 Å². The Kier molecular flexibility index (Phi) is 3.11. The van der Waals surface area contributed by atoms with Gasteiger partial charge in [-0.25, -0.2) is 9.97 Å². The fourth-order valence-electron chi connectivity index (χ4n) is 3.99. The predicted octanol–water partition coefficient (Wildman–Crippen LogP) is 4.48. The summed E-state index contributed by atoms with van der Waals surface area (Å²) in [4.78, 5) is 17.0. The van der Waals surface area contributed by atoms with E-state index < -0.39 is 0 Å². The smallest absolute Gasteiger partial charge is 0.143 e. The summed E-state index contributed by atoms with van der Waals surface area (Å²) in [5.74, 6) is 1.01. The fraction of sp³-hybridized carbons (Fsp3) is 0.316. The molecule has 24 heavy (non-hydrogen) atoms. The first-order valence-electron chi connectivity index (χ1n) is 8.66. The van der Waals surface area contributed by atoms with Crippen molar-refractivity contribution < 1.29 is 0 Å². The van der Waals surface area contributed by atoms with Crippen molar-refractivity contribution in [2.75, 3.05) is 0 Å². The Balaban J connectivity index is 1.84. The summed E-state index contributed by atoms with van der Waals surface area (Å²) in [5.41, 5.74) is 4.17. The van der Waals surface area contributed by atoms with Gasteiger partial charge >= 0.3 is 0 Å². The minimum atomic E-state index is 0.499. The molecule has 1 aliphatic rings. The van der Waals surface area contributed by atoms with Crippen molar-refractivity contribution in [3.05, 3.63) is 43.0 Å². The van der Waals surface area contributed by atoms with Gasteiger partial charge in [-0.05, 0) is 31.0 Å². The van der Waals surface area contributed by atoms with Crippen LogP contribution in [0.2, 0.25) is 0 Å². The first kappa shape index (κ1) is 13.7.